The van der Waals surface area contributed by atoms with Crippen molar-refractivity contribution in [2.75, 3.05) is 0 Å². The smallest absolute Gasteiger partial charge is 0.128 e. The lowest BCUT2D eigenvalue weighted by atomic mass is 10.00. The summed E-state index contributed by atoms with van der Waals surface area (Å²) in [7, 11) is 0. The van der Waals surface area contributed by atoms with E-state index in [1.807, 2.05) is 18.2 Å². The van der Waals surface area contributed by atoms with Crippen LogP contribution in [0.25, 0.3) is 0 Å². The summed E-state index contributed by atoms with van der Waals surface area (Å²) in [4.78, 5) is 0. The van der Waals surface area contributed by atoms with Gasteiger partial charge in [-0.2, -0.15) is 0 Å². The molecular weight excluding hydrogens is 164 g/mol. The molecule has 69 valence electrons. The molecule has 1 aromatic carbocycles. The van der Waals surface area contributed by atoms with Crippen molar-refractivity contribution in [3.8, 4) is 5.75 Å². The summed E-state index contributed by atoms with van der Waals surface area (Å²) in [6.45, 7) is 1.67. The lowest BCUT2D eigenvalue weighted by molar-refractivity contribution is -0.00869. The van der Waals surface area contributed by atoms with Crippen LogP contribution < -0.4 is 4.74 Å². The molecule has 0 fully saturated rings. The van der Waals surface area contributed by atoms with E-state index < -0.39 is 6.10 Å². The normalized spacial score (nSPS) is 23.1. The van der Waals surface area contributed by atoms with Crippen molar-refractivity contribution in [2.24, 2.45) is 0 Å². The van der Waals surface area contributed by atoms with Gasteiger partial charge in [-0.3, -0.25) is 0 Å². The van der Waals surface area contributed by atoms with Crippen molar-refractivity contribution in [2.45, 2.75) is 32.0 Å². The molecule has 0 aromatic heterocycles. The van der Waals surface area contributed by atoms with E-state index in [2.05, 4.69) is 6.07 Å². The first kappa shape index (κ1) is 8.57. The molecule has 0 saturated heterocycles. The third kappa shape index (κ3) is 1.68. The highest BCUT2D eigenvalue weighted by molar-refractivity contribution is 5.35. The minimum absolute atomic E-state index is 0.144. The topological polar surface area (TPSA) is 29.1 Å². The summed E-state index contributed by atoms with van der Waals surface area (Å²) in [5, 5.41) is 11.2. The fraction of sp³-hybridized carbons (Fsp3) is 0.455. The summed E-state index contributed by atoms with van der Waals surface area (Å²) in [5.41, 5.74) is 1.22. The standard InChI is InChI=1S/C11H13O2/c1-8(12)10-7-6-9-4-2-3-5-11(9)13-10/h2-5,8,10H,6-7H2,1H3. The predicted molar refractivity (Wildman–Crippen MR) is 49.3 cm³/mol. The molecule has 1 aliphatic heterocycles. The average molecular weight is 177 g/mol. The molecule has 0 aliphatic carbocycles. The quantitative estimate of drug-likeness (QED) is 0.646. The van der Waals surface area contributed by atoms with E-state index in [1.165, 1.54) is 5.56 Å². The van der Waals surface area contributed by atoms with E-state index in [4.69, 9.17) is 4.74 Å². The van der Waals surface area contributed by atoms with Gasteiger partial charge >= 0.3 is 0 Å². The molecule has 1 radical (unpaired) electrons. The number of aryl methyl sites for hydroxylation is 1. The Balaban J connectivity index is 2.20. The summed E-state index contributed by atoms with van der Waals surface area (Å²) < 4.78 is 5.58. The van der Waals surface area contributed by atoms with Crippen LogP contribution in [0.3, 0.4) is 0 Å². The van der Waals surface area contributed by atoms with Crippen molar-refractivity contribution in [3.05, 3.63) is 29.8 Å². The number of para-hydroxylation sites is 1. The molecule has 2 unspecified atom stereocenters. The number of ether oxygens (including phenoxy) is 1. The second-order valence-corrected chi connectivity index (χ2v) is 3.51. The van der Waals surface area contributed by atoms with Gasteiger partial charge in [-0.1, -0.05) is 18.2 Å². The van der Waals surface area contributed by atoms with E-state index in [9.17, 15) is 5.11 Å². The Morgan fingerprint density at radius 2 is 2.23 bits per heavy atom. The van der Waals surface area contributed by atoms with Crippen LogP contribution in [-0.2, 0) is 11.5 Å². The van der Waals surface area contributed by atoms with E-state index >= 15 is 0 Å². The molecule has 1 heterocycles. The number of hydrogen-bond donors (Lipinski definition) is 0. The average Bonchev–Trinajstić information content (AvgIpc) is 2.17. The summed E-state index contributed by atoms with van der Waals surface area (Å²) in [6, 6.07) is 7.94. The monoisotopic (exact) mass is 177 g/mol. The molecule has 0 amide bonds. The zero-order valence-corrected chi connectivity index (χ0v) is 7.69. The number of hydrogen-bond acceptors (Lipinski definition) is 1. The molecular formula is C11H13O2. The second-order valence-electron chi connectivity index (χ2n) is 3.51. The lowest BCUT2D eigenvalue weighted by Gasteiger charge is -2.26. The molecule has 1 aliphatic rings. The van der Waals surface area contributed by atoms with Gasteiger partial charge in [0.2, 0.25) is 0 Å². The largest absolute Gasteiger partial charge is 0.487 e. The Morgan fingerprint density at radius 1 is 1.46 bits per heavy atom. The molecule has 13 heavy (non-hydrogen) atoms. The van der Waals surface area contributed by atoms with Gasteiger partial charge in [0.05, 0.1) is 0 Å². The fourth-order valence-electron chi connectivity index (χ4n) is 1.68. The zero-order valence-electron chi connectivity index (χ0n) is 7.69. The highest BCUT2D eigenvalue weighted by Crippen LogP contribution is 2.28. The van der Waals surface area contributed by atoms with E-state index in [0.717, 1.165) is 18.6 Å². The van der Waals surface area contributed by atoms with Crippen molar-refractivity contribution < 1.29 is 9.84 Å². The molecule has 1 aromatic rings. The Hall–Kier alpha value is -1.02. The van der Waals surface area contributed by atoms with Gasteiger partial charge in [-0.25, -0.2) is 5.11 Å². The van der Waals surface area contributed by atoms with Crippen LogP contribution in [0, 0.1) is 0 Å². The molecule has 0 saturated carbocycles. The van der Waals surface area contributed by atoms with Gasteiger partial charge in [0.25, 0.3) is 0 Å². The van der Waals surface area contributed by atoms with Crippen molar-refractivity contribution >= 4 is 0 Å². The summed E-state index contributed by atoms with van der Waals surface area (Å²) in [5.74, 6) is 0.890. The van der Waals surface area contributed by atoms with Gasteiger partial charge in [-0.15, -0.1) is 0 Å². The van der Waals surface area contributed by atoms with Gasteiger partial charge in [0, 0.05) is 0 Å². The minimum Gasteiger partial charge on any atom is -0.487 e. The van der Waals surface area contributed by atoms with Crippen LogP contribution in [0.4, 0.5) is 0 Å². The Kier molecular flexibility index (Phi) is 2.23. The predicted octanol–water partition coefficient (Wildman–Crippen LogP) is 2.20. The van der Waals surface area contributed by atoms with Crippen LogP contribution in [0.2, 0.25) is 0 Å². The van der Waals surface area contributed by atoms with E-state index in [0.29, 0.717) is 0 Å². The summed E-state index contributed by atoms with van der Waals surface area (Å²) >= 11 is 0. The van der Waals surface area contributed by atoms with Crippen LogP contribution in [0.1, 0.15) is 18.9 Å². The maximum Gasteiger partial charge on any atom is 0.128 e. The molecule has 2 rings (SSSR count). The Morgan fingerprint density at radius 3 is 3.00 bits per heavy atom. The van der Waals surface area contributed by atoms with Crippen molar-refractivity contribution in [3.63, 3.8) is 0 Å². The minimum atomic E-state index is -0.631. The van der Waals surface area contributed by atoms with Gasteiger partial charge < -0.3 is 4.74 Å². The van der Waals surface area contributed by atoms with Crippen LogP contribution in [0.5, 0.6) is 5.75 Å². The number of benzene rings is 1. The zero-order chi connectivity index (χ0) is 9.26. The Labute approximate surface area is 78.2 Å². The highest BCUT2D eigenvalue weighted by Gasteiger charge is 2.23. The van der Waals surface area contributed by atoms with E-state index in [1.54, 1.807) is 6.92 Å². The van der Waals surface area contributed by atoms with Crippen molar-refractivity contribution in [1.29, 1.82) is 0 Å². The maximum absolute atomic E-state index is 11.2. The van der Waals surface area contributed by atoms with Gasteiger partial charge in [0.15, 0.2) is 0 Å². The van der Waals surface area contributed by atoms with Crippen LogP contribution >= 0.6 is 0 Å². The van der Waals surface area contributed by atoms with Gasteiger partial charge in [-0.05, 0) is 31.4 Å². The first-order valence-corrected chi connectivity index (χ1v) is 4.68. The molecule has 0 bridgehead atoms. The van der Waals surface area contributed by atoms with Gasteiger partial charge in [0.1, 0.15) is 18.0 Å². The number of rotatable bonds is 1. The maximum atomic E-state index is 11.2. The highest BCUT2D eigenvalue weighted by atomic mass is 16.5. The third-order valence-corrected chi connectivity index (χ3v) is 2.47. The second kappa shape index (κ2) is 3.38. The fourth-order valence-corrected chi connectivity index (χ4v) is 1.68. The molecule has 2 nitrogen and oxygen atoms in total. The molecule has 2 heteroatoms. The molecule has 0 spiro atoms. The van der Waals surface area contributed by atoms with Crippen LogP contribution in [0.15, 0.2) is 24.3 Å². The third-order valence-electron chi connectivity index (χ3n) is 2.47. The Bertz CT molecular complexity index is 294. The first-order valence-electron chi connectivity index (χ1n) is 4.68. The van der Waals surface area contributed by atoms with E-state index in [-0.39, 0.29) is 6.10 Å². The summed E-state index contributed by atoms with van der Waals surface area (Å²) in [6.07, 6.45) is 1.04. The van der Waals surface area contributed by atoms with Crippen LogP contribution in [-0.4, -0.2) is 12.2 Å². The first-order chi connectivity index (χ1) is 6.27. The SMILES string of the molecule is CC([O])C1CCc2ccccc2O1. The molecule has 2 atom stereocenters. The molecule has 0 N–H and O–H groups in total. The lowest BCUT2D eigenvalue weighted by Crippen LogP contribution is -2.31. The van der Waals surface area contributed by atoms with Crippen molar-refractivity contribution in [1.82, 2.24) is 0 Å². The number of fused-ring (bicyclic) bond motifs is 1.